The Kier molecular flexibility index (Phi) is 4.04. The molecule has 1 aromatic carbocycles. The Morgan fingerprint density at radius 2 is 2.17 bits per heavy atom. The van der Waals surface area contributed by atoms with Crippen molar-refractivity contribution >= 4 is 10.0 Å². The quantitative estimate of drug-likeness (QED) is 0.871. The van der Waals surface area contributed by atoms with Crippen molar-refractivity contribution < 1.29 is 8.42 Å². The molecule has 0 unspecified atom stereocenters. The zero-order chi connectivity index (χ0) is 13.2. The van der Waals surface area contributed by atoms with E-state index in [9.17, 15) is 8.42 Å². The van der Waals surface area contributed by atoms with Gasteiger partial charge in [-0.25, -0.2) is 13.1 Å². The minimum absolute atomic E-state index is 0.0238. The topological polar surface area (TPSA) is 58.2 Å². The van der Waals surface area contributed by atoms with Gasteiger partial charge in [-0.1, -0.05) is 12.1 Å². The van der Waals surface area contributed by atoms with Crippen molar-refractivity contribution in [2.75, 3.05) is 6.54 Å². The number of nitrogens with one attached hydrogen (secondary N) is 2. The van der Waals surface area contributed by atoms with Crippen LogP contribution in [-0.4, -0.2) is 27.0 Å². The minimum atomic E-state index is -3.41. The molecule has 1 fully saturated rings. The van der Waals surface area contributed by atoms with E-state index in [2.05, 4.69) is 10.0 Å². The molecule has 0 amide bonds. The van der Waals surface area contributed by atoms with Crippen LogP contribution in [0.2, 0.25) is 0 Å². The lowest BCUT2D eigenvalue weighted by Crippen LogP contribution is -2.51. The smallest absolute Gasteiger partial charge is 0.240 e. The van der Waals surface area contributed by atoms with Gasteiger partial charge in [0, 0.05) is 12.1 Å². The average molecular weight is 268 g/mol. The highest BCUT2D eigenvalue weighted by molar-refractivity contribution is 7.89. The molecule has 18 heavy (non-hydrogen) atoms. The molecule has 0 aromatic heterocycles. The van der Waals surface area contributed by atoms with Gasteiger partial charge in [0.2, 0.25) is 10.0 Å². The van der Waals surface area contributed by atoms with Crippen LogP contribution < -0.4 is 10.0 Å². The van der Waals surface area contributed by atoms with Crippen molar-refractivity contribution in [3.8, 4) is 0 Å². The van der Waals surface area contributed by atoms with Gasteiger partial charge >= 0.3 is 0 Å². The van der Waals surface area contributed by atoms with Gasteiger partial charge in [0.15, 0.2) is 0 Å². The second-order valence-electron chi connectivity index (χ2n) is 4.93. The van der Waals surface area contributed by atoms with Crippen LogP contribution in [0.25, 0.3) is 0 Å². The van der Waals surface area contributed by atoms with Crippen LogP contribution >= 0.6 is 0 Å². The van der Waals surface area contributed by atoms with Crippen molar-refractivity contribution in [2.24, 2.45) is 0 Å². The highest BCUT2D eigenvalue weighted by atomic mass is 32.2. The summed E-state index contributed by atoms with van der Waals surface area (Å²) in [5, 5.41) is 3.29. The Morgan fingerprint density at radius 1 is 1.39 bits per heavy atom. The molecule has 1 heterocycles. The number of piperidine rings is 1. The molecular formula is C13H20N2O2S. The van der Waals surface area contributed by atoms with E-state index in [1.54, 1.807) is 18.2 Å². The maximum atomic E-state index is 12.3. The number of aryl methyl sites for hydroxylation is 1. The van der Waals surface area contributed by atoms with Gasteiger partial charge in [0.25, 0.3) is 0 Å². The Hall–Kier alpha value is -0.910. The standard InChI is InChI=1S/C13H20N2O2S/c1-10-5-3-6-12(9-10)18(16,17)15-13-7-4-8-14-11(13)2/h3,5-6,9,11,13-15H,4,7-8H2,1-2H3/t11-,13+/m0/s1. The van der Waals surface area contributed by atoms with E-state index in [4.69, 9.17) is 0 Å². The fourth-order valence-electron chi connectivity index (χ4n) is 2.25. The molecule has 0 bridgehead atoms. The van der Waals surface area contributed by atoms with Crippen molar-refractivity contribution in [2.45, 2.75) is 43.7 Å². The van der Waals surface area contributed by atoms with Crippen LogP contribution in [0.4, 0.5) is 0 Å². The Morgan fingerprint density at radius 3 is 2.83 bits per heavy atom. The van der Waals surface area contributed by atoms with Gasteiger partial charge in [-0.05, 0) is 50.9 Å². The number of benzene rings is 1. The molecule has 1 aliphatic heterocycles. The van der Waals surface area contributed by atoms with Crippen LogP contribution in [0.1, 0.15) is 25.3 Å². The van der Waals surface area contributed by atoms with Crippen LogP contribution in [0, 0.1) is 6.92 Å². The summed E-state index contributed by atoms with van der Waals surface area (Å²) in [5.74, 6) is 0. The summed E-state index contributed by atoms with van der Waals surface area (Å²) in [7, 11) is -3.41. The monoisotopic (exact) mass is 268 g/mol. The third-order valence-corrected chi connectivity index (χ3v) is 4.86. The van der Waals surface area contributed by atoms with Crippen molar-refractivity contribution in [1.29, 1.82) is 0 Å². The lowest BCUT2D eigenvalue weighted by atomic mass is 10.0. The predicted molar refractivity (Wildman–Crippen MR) is 72.0 cm³/mol. The van der Waals surface area contributed by atoms with E-state index >= 15 is 0 Å². The van der Waals surface area contributed by atoms with Crippen LogP contribution in [0.5, 0.6) is 0 Å². The summed E-state index contributed by atoms with van der Waals surface area (Å²) in [6.07, 6.45) is 1.89. The van der Waals surface area contributed by atoms with E-state index in [1.807, 2.05) is 19.9 Å². The van der Waals surface area contributed by atoms with E-state index < -0.39 is 10.0 Å². The third kappa shape index (κ3) is 3.10. The van der Waals surface area contributed by atoms with Crippen LogP contribution in [-0.2, 0) is 10.0 Å². The molecule has 1 aliphatic rings. The summed E-state index contributed by atoms with van der Waals surface area (Å²) >= 11 is 0. The summed E-state index contributed by atoms with van der Waals surface area (Å²) < 4.78 is 27.3. The molecule has 0 spiro atoms. The highest BCUT2D eigenvalue weighted by Gasteiger charge is 2.26. The van der Waals surface area contributed by atoms with Crippen LogP contribution in [0.15, 0.2) is 29.2 Å². The van der Waals surface area contributed by atoms with Crippen molar-refractivity contribution in [1.82, 2.24) is 10.0 Å². The molecule has 0 aliphatic carbocycles. The molecule has 2 rings (SSSR count). The molecule has 0 saturated carbocycles. The summed E-state index contributed by atoms with van der Waals surface area (Å²) in [4.78, 5) is 0.347. The van der Waals surface area contributed by atoms with Gasteiger partial charge < -0.3 is 5.32 Å². The number of hydrogen-bond acceptors (Lipinski definition) is 3. The van der Waals surface area contributed by atoms with E-state index in [0.29, 0.717) is 4.90 Å². The Bertz CT molecular complexity index is 513. The van der Waals surface area contributed by atoms with E-state index in [-0.39, 0.29) is 12.1 Å². The normalized spacial score (nSPS) is 25.0. The second kappa shape index (κ2) is 5.38. The van der Waals surface area contributed by atoms with Crippen molar-refractivity contribution in [3.63, 3.8) is 0 Å². The summed E-state index contributed by atoms with van der Waals surface area (Å²) in [6.45, 7) is 4.87. The first-order chi connectivity index (χ1) is 8.49. The molecule has 5 heteroatoms. The third-order valence-electron chi connectivity index (χ3n) is 3.37. The minimum Gasteiger partial charge on any atom is -0.313 e. The van der Waals surface area contributed by atoms with Crippen LogP contribution in [0.3, 0.4) is 0 Å². The highest BCUT2D eigenvalue weighted by Crippen LogP contribution is 2.15. The van der Waals surface area contributed by atoms with Gasteiger partial charge in [-0.3, -0.25) is 0 Å². The summed E-state index contributed by atoms with van der Waals surface area (Å²) in [6, 6.07) is 7.15. The largest absolute Gasteiger partial charge is 0.313 e. The predicted octanol–water partition coefficient (Wildman–Crippen LogP) is 1.41. The van der Waals surface area contributed by atoms with Gasteiger partial charge in [-0.15, -0.1) is 0 Å². The van der Waals surface area contributed by atoms with Gasteiger partial charge in [-0.2, -0.15) is 0 Å². The molecule has 2 atom stereocenters. The molecular weight excluding hydrogens is 248 g/mol. The number of rotatable bonds is 3. The Balaban J connectivity index is 2.16. The molecule has 1 aromatic rings. The fraction of sp³-hybridized carbons (Fsp3) is 0.538. The van der Waals surface area contributed by atoms with Gasteiger partial charge in [0.05, 0.1) is 4.90 Å². The molecule has 100 valence electrons. The second-order valence-corrected chi connectivity index (χ2v) is 6.64. The lowest BCUT2D eigenvalue weighted by molar-refractivity contribution is 0.349. The zero-order valence-corrected chi connectivity index (χ0v) is 11.6. The Labute approximate surface area is 109 Å². The fourth-order valence-corrected chi connectivity index (χ4v) is 3.71. The average Bonchev–Trinajstić information content (AvgIpc) is 2.32. The first kappa shape index (κ1) is 13.5. The number of hydrogen-bond donors (Lipinski definition) is 2. The lowest BCUT2D eigenvalue weighted by Gasteiger charge is -2.30. The molecule has 1 saturated heterocycles. The molecule has 0 radical (unpaired) electrons. The maximum Gasteiger partial charge on any atom is 0.240 e. The molecule has 2 N–H and O–H groups in total. The van der Waals surface area contributed by atoms with E-state index in [0.717, 1.165) is 24.9 Å². The van der Waals surface area contributed by atoms with Gasteiger partial charge in [0.1, 0.15) is 0 Å². The van der Waals surface area contributed by atoms with E-state index in [1.165, 1.54) is 0 Å². The maximum absolute atomic E-state index is 12.3. The first-order valence-corrected chi connectivity index (χ1v) is 7.80. The number of sulfonamides is 1. The zero-order valence-electron chi connectivity index (χ0n) is 10.8. The molecule has 4 nitrogen and oxygen atoms in total. The summed E-state index contributed by atoms with van der Waals surface area (Å²) in [5.41, 5.74) is 0.952. The SMILES string of the molecule is Cc1cccc(S(=O)(=O)N[C@@H]2CCCN[C@H]2C)c1. The first-order valence-electron chi connectivity index (χ1n) is 6.31. The van der Waals surface area contributed by atoms with Crippen molar-refractivity contribution in [3.05, 3.63) is 29.8 Å².